The van der Waals surface area contributed by atoms with Gasteiger partial charge < -0.3 is 4.90 Å². The van der Waals surface area contributed by atoms with Gasteiger partial charge in [0.2, 0.25) is 0 Å². The van der Waals surface area contributed by atoms with Crippen molar-refractivity contribution in [1.29, 1.82) is 0 Å². The molecule has 116 valence electrons. The van der Waals surface area contributed by atoms with E-state index in [0.717, 1.165) is 16.9 Å². The molecule has 1 aliphatic rings. The number of carbonyl (C=O) groups is 1. The molecular formula is C17H17F2NOS. The number of rotatable bonds is 3. The van der Waals surface area contributed by atoms with Gasteiger partial charge in [-0.3, -0.25) is 4.79 Å². The van der Waals surface area contributed by atoms with Crippen LogP contribution in [0.25, 0.3) is 10.4 Å². The van der Waals surface area contributed by atoms with Crippen molar-refractivity contribution in [1.82, 2.24) is 4.90 Å². The van der Waals surface area contributed by atoms with Crippen LogP contribution in [0.3, 0.4) is 0 Å². The van der Waals surface area contributed by atoms with Gasteiger partial charge in [0.05, 0.1) is 6.54 Å². The zero-order valence-electron chi connectivity index (χ0n) is 12.3. The molecule has 5 heteroatoms. The Balaban J connectivity index is 1.75. The monoisotopic (exact) mass is 321 g/mol. The maximum Gasteiger partial charge on any atom is 0.267 e. The van der Waals surface area contributed by atoms with Gasteiger partial charge in [-0.25, -0.2) is 8.78 Å². The Morgan fingerprint density at radius 1 is 1.23 bits per heavy atom. The van der Waals surface area contributed by atoms with E-state index in [2.05, 4.69) is 19.1 Å². The maximum absolute atomic E-state index is 13.2. The Morgan fingerprint density at radius 3 is 2.50 bits per heavy atom. The first kappa shape index (κ1) is 15.2. The maximum atomic E-state index is 13.2. The van der Waals surface area contributed by atoms with Gasteiger partial charge in [-0.1, -0.05) is 19.1 Å². The van der Waals surface area contributed by atoms with Crippen molar-refractivity contribution in [2.45, 2.75) is 25.7 Å². The lowest BCUT2D eigenvalue weighted by atomic mass is 10.1. The molecule has 1 aromatic heterocycles. The van der Waals surface area contributed by atoms with Crippen molar-refractivity contribution in [2.24, 2.45) is 0 Å². The van der Waals surface area contributed by atoms with Crippen molar-refractivity contribution in [3.8, 4) is 10.4 Å². The van der Waals surface area contributed by atoms with Gasteiger partial charge in [0.15, 0.2) is 0 Å². The molecule has 0 bridgehead atoms. The van der Waals surface area contributed by atoms with E-state index in [1.807, 2.05) is 12.1 Å². The van der Waals surface area contributed by atoms with Crippen LogP contribution in [0.1, 0.15) is 28.6 Å². The number of amides is 1. The van der Waals surface area contributed by atoms with Crippen LogP contribution in [0, 0.1) is 0 Å². The molecule has 0 aliphatic carbocycles. The first-order valence-electron chi connectivity index (χ1n) is 7.35. The third-order valence-corrected chi connectivity index (χ3v) is 5.16. The molecular weight excluding hydrogens is 304 g/mol. The van der Waals surface area contributed by atoms with E-state index >= 15 is 0 Å². The summed E-state index contributed by atoms with van der Waals surface area (Å²) in [6.45, 7) is 1.76. The van der Waals surface area contributed by atoms with Gasteiger partial charge in [-0.15, -0.1) is 11.3 Å². The summed E-state index contributed by atoms with van der Waals surface area (Å²) in [5.74, 6) is -3.06. The Morgan fingerprint density at radius 2 is 1.95 bits per heavy atom. The Hall–Kier alpha value is -1.75. The van der Waals surface area contributed by atoms with E-state index in [9.17, 15) is 13.6 Å². The standard InChI is InChI=1S/C17H17F2NOS/c1-2-14-7-8-15(22-14)12-3-5-13(6-4-12)16(21)20-10-9-17(18,19)11-20/h3-8H,2,9-11H2,1H3. The molecule has 1 saturated heterocycles. The van der Waals surface area contributed by atoms with E-state index in [0.29, 0.717) is 5.56 Å². The van der Waals surface area contributed by atoms with Gasteiger partial charge in [0.1, 0.15) is 0 Å². The predicted molar refractivity (Wildman–Crippen MR) is 84.6 cm³/mol. The molecule has 0 N–H and O–H groups in total. The summed E-state index contributed by atoms with van der Waals surface area (Å²) in [6.07, 6.45) is 0.760. The first-order valence-corrected chi connectivity index (χ1v) is 8.16. The molecule has 1 fully saturated rings. The first-order chi connectivity index (χ1) is 10.5. The van der Waals surface area contributed by atoms with Crippen LogP contribution in [-0.4, -0.2) is 29.8 Å². The molecule has 1 amide bonds. The lowest BCUT2D eigenvalue weighted by molar-refractivity contribution is 0.0120. The predicted octanol–water partition coefficient (Wildman–Crippen LogP) is 4.46. The van der Waals surface area contributed by atoms with Gasteiger partial charge in [0.25, 0.3) is 11.8 Å². The van der Waals surface area contributed by atoms with Crippen molar-refractivity contribution in [3.63, 3.8) is 0 Å². The highest BCUT2D eigenvalue weighted by molar-refractivity contribution is 7.15. The molecule has 0 unspecified atom stereocenters. The molecule has 2 heterocycles. The van der Waals surface area contributed by atoms with Crippen LogP contribution in [0.4, 0.5) is 8.78 Å². The topological polar surface area (TPSA) is 20.3 Å². The normalized spacial score (nSPS) is 17.0. The number of halogens is 2. The quantitative estimate of drug-likeness (QED) is 0.817. The zero-order chi connectivity index (χ0) is 15.7. The van der Waals surface area contributed by atoms with Crippen LogP contribution in [0.15, 0.2) is 36.4 Å². The fraction of sp³-hybridized carbons (Fsp3) is 0.353. The molecule has 1 aromatic carbocycles. The van der Waals surface area contributed by atoms with Crippen LogP contribution in [-0.2, 0) is 6.42 Å². The molecule has 0 atom stereocenters. The highest BCUT2D eigenvalue weighted by Gasteiger charge is 2.40. The van der Waals surface area contributed by atoms with E-state index in [-0.39, 0.29) is 18.9 Å². The number of hydrogen-bond donors (Lipinski definition) is 0. The summed E-state index contributed by atoms with van der Waals surface area (Å²) in [6, 6.07) is 11.4. The number of likely N-dealkylation sites (tertiary alicyclic amines) is 1. The van der Waals surface area contributed by atoms with Crippen molar-refractivity contribution in [2.75, 3.05) is 13.1 Å². The third-order valence-electron chi connectivity index (χ3n) is 3.88. The van der Waals surface area contributed by atoms with Crippen LogP contribution in [0.5, 0.6) is 0 Å². The van der Waals surface area contributed by atoms with Gasteiger partial charge in [-0.05, 0) is 36.2 Å². The van der Waals surface area contributed by atoms with Crippen LogP contribution in [0.2, 0.25) is 0 Å². The highest BCUT2D eigenvalue weighted by atomic mass is 32.1. The smallest absolute Gasteiger partial charge is 0.267 e. The SMILES string of the molecule is CCc1ccc(-c2ccc(C(=O)N3CCC(F)(F)C3)cc2)s1. The number of aryl methyl sites for hydroxylation is 1. The second-order valence-electron chi connectivity index (χ2n) is 5.53. The van der Waals surface area contributed by atoms with E-state index in [1.54, 1.807) is 23.5 Å². The summed E-state index contributed by atoms with van der Waals surface area (Å²) >= 11 is 1.73. The van der Waals surface area contributed by atoms with Gasteiger partial charge in [-0.2, -0.15) is 0 Å². The van der Waals surface area contributed by atoms with Gasteiger partial charge in [0, 0.05) is 28.3 Å². The van der Waals surface area contributed by atoms with Crippen LogP contribution < -0.4 is 0 Å². The summed E-state index contributed by atoms with van der Waals surface area (Å²) in [5, 5.41) is 0. The lowest BCUT2D eigenvalue weighted by Crippen LogP contribution is -2.31. The van der Waals surface area contributed by atoms with Gasteiger partial charge >= 0.3 is 0 Å². The van der Waals surface area contributed by atoms with Crippen molar-refractivity contribution in [3.05, 3.63) is 46.8 Å². The average Bonchev–Trinajstić information content (AvgIpc) is 3.13. The number of alkyl halides is 2. The number of thiophene rings is 1. The van der Waals surface area contributed by atoms with Crippen LogP contribution >= 0.6 is 11.3 Å². The molecule has 22 heavy (non-hydrogen) atoms. The number of nitrogens with zero attached hydrogens (tertiary/aromatic N) is 1. The van der Waals surface area contributed by atoms with E-state index in [4.69, 9.17) is 0 Å². The minimum absolute atomic E-state index is 0.123. The molecule has 3 rings (SSSR count). The number of hydrogen-bond acceptors (Lipinski definition) is 2. The lowest BCUT2D eigenvalue weighted by Gasteiger charge is -2.16. The molecule has 0 radical (unpaired) electrons. The molecule has 0 spiro atoms. The van der Waals surface area contributed by atoms with Crippen molar-refractivity contribution < 1.29 is 13.6 Å². The molecule has 2 nitrogen and oxygen atoms in total. The zero-order valence-corrected chi connectivity index (χ0v) is 13.1. The average molecular weight is 321 g/mol. The fourth-order valence-corrected chi connectivity index (χ4v) is 3.54. The molecule has 1 aliphatic heterocycles. The second-order valence-corrected chi connectivity index (χ2v) is 6.70. The van der Waals surface area contributed by atoms with E-state index in [1.165, 1.54) is 9.78 Å². The summed E-state index contributed by atoms with van der Waals surface area (Å²) in [5.41, 5.74) is 1.52. The largest absolute Gasteiger partial charge is 0.332 e. The molecule has 0 saturated carbocycles. The molecule has 2 aromatic rings. The summed E-state index contributed by atoms with van der Waals surface area (Å²) in [7, 11) is 0. The number of benzene rings is 1. The number of carbonyl (C=O) groups excluding carboxylic acids is 1. The Labute approximate surface area is 132 Å². The second kappa shape index (κ2) is 5.80. The van der Waals surface area contributed by atoms with E-state index < -0.39 is 12.5 Å². The van der Waals surface area contributed by atoms with Crippen molar-refractivity contribution >= 4 is 17.2 Å². The minimum atomic E-state index is -2.75. The Kier molecular flexibility index (Phi) is 4.00. The summed E-state index contributed by atoms with van der Waals surface area (Å²) in [4.78, 5) is 15.9. The minimum Gasteiger partial charge on any atom is -0.332 e. The Bertz CT molecular complexity index is 678. The highest BCUT2D eigenvalue weighted by Crippen LogP contribution is 2.30. The third kappa shape index (κ3) is 3.04. The fourth-order valence-electron chi connectivity index (χ4n) is 2.59. The summed E-state index contributed by atoms with van der Waals surface area (Å²) < 4.78 is 26.4.